The van der Waals surface area contributed by atoms with Gasteiger partial charge in [0.2, 0.25) is 0 Å². The molecule has 0 aromatic carbocycles. The molecule has 1 unspecified atom stereocenters. The summed E-state index contributed by atoms with van der Waals surface area (Å²) in [6, 6.07) is 0. The predicted molar refractivity (Wildman–Crippen MR) is 284 cm³/mol. The van der Waals surface area contributed by atoms with Crippen LogP contribution in [0.4, 0.5) is 0 Å². The van der Waals surface area contributed by atoms with Gasteiger partial charge in [0.25, 0.3) is 0 Å². The SMILES string of the molecule is CC/C=C\C/C=C\C/C=C\C/C=C\C/C=C\CCCCCCCCCCCCCCCCCCCCCCCCCCCC(=O)OC(CO)COC(=O)CCCCCCCCCCCC. The number of allylic oxidation sites excluding steroid dienone is 10. The van der Waals surface area contributed by atoms with Crippen LogP contribution in [-0.4, -0.2) is 36.4 Å². The van der Waals surface area contributed by atoms with Gasteiger partial charge in [-0.05, 0) is 57.8 Å². The fraction of sp³-hybridized carbons (Fsp3) is 0.800. The third kappa shape index (κ3) is 54.1. The van der Waals surface area contributed by atoms with E-state index in [4.69, 9.17) is 9.47 Å². The van der Waals surface area contributed by atoms with Crippen molar-refractivity contribution in [2.24, 2.45) is 0 Å². The van der Waals surface area contributed by atoms with E-state index in [1.165, 1.54) is 193 Å². The summed E-state index contributed by atoms with van der Waals surface area (Å²) in [7, 11) is 0. The van der Waals surface area contributed by atoms with Crippen LogP contribution >= 0.6 is 0 Å². The molecule has 0 aromatic heterocycles. The van der Waals surface area contributed by atoms with Crippen molar-refractivity contribution < 1.29 is 24.2 Å². The molecule has 0 aliphatic rings. The lowest BCUT2D eigenvalue weighted by Gasteiger charge is -2.15. The quantitative estimate of drug-likeness (QED) is 0.0374. The predicted octanol–water partition coefficient (Wildman–Crippen LogP) is 19.0. The van der Waals surface area contributed by atoms with Crippen molar-refractivity contribution in [3.63, 3.8) is 0 Å². The van der Waals surface area contributed by atoms with Gasteiger partial charge < -0.3 is 14.6 Å². The molecule has 5 nitrogen and oxygen atoms in total. The lowest BCUT2D eigenvalue weighted by molar-refractivity contribution is -0.161. The van der Waals surface area contributed by atoms with E-state index in [-0.39, 0.29) is 25.2 Å². The molecule has 65 heavy (non-hydrogen) atoms. The molecule has 0 rings (SSSR count). The van der Waals surface area contributed by atoms with E-state index in [9.17, 15) is 14.7 Å². The second kappa shape index (κ2) is 55.9. The van der Waals surface area contributed by atoms with Crippen LogP contribution in [0.3, 0.4) is 0 Å². The third-order valence-corrected chi connectivity index (χ3v) is 12.6. The molecule has 5 heteroatoms. The maximum atomic E-state index is 12.2. The Morgan fingerprint density at radius 3 is 1.00 bits per heavy atom. The van der Waals surface area contributed by atoms with Crippen molar-refractivity contribution in [1.82, 2.24) is 0 Å². The van der Waals surface area contributed by atoms with Gasteiger partial charge in [-0.1, -0.05) is 280 Å². The van der Waals surface area contributed by atoms with E-state index in [0.717, 1.165) is 70.6 Å². The van der Waals surface area contributed by atoms with E-state index >= 15 is 0 Å². The first-order chi connectivity index (χ1) is 32.1. The number of carbonyl (C=O) groups is 2. The molecule has 0 aromatic rings. The standard InChI is InChI=1S/C60H108O5/c1-3-5-7-9-11-13-15-16-17-18-19-20-21-22-23-24-25-26-27-28-29-30-31-32-33-34-35-36-37-38-39-40-41-42-43-44-45-47-49-51-53-55-60(63)65-58(56-61)57-64-59(62)54-52-50-48-46-14-12-10-8-6-4-2/h5,7,11,13,16-17,19-20,22-23,58,61H,3-4,6,8-10,12,14-15,18,21,24-57H2,1-2H3/b7-5-,13-11-,17-16-,20-19-,23-22-. The van der Waals surface area contributed by atoms with Crippen molar-refractivity contribution >= 4 is 11.9 Å². The van der Waals surface area contributed by atoms with Gasteiger partial charge in [0.15, 0.2) is 6.10 Å². The van der Waals surface area contributed by atoms with Crippen LogP contribution in [0.1, 0.15) is 290 Å². The Morgan fingerprint density at radius 2 is 0.662 bits per heavy atom. The van der Waals surface area contributed by atoms with Gasteiger partial charge in [-0.3, -0.25) is 9.59 Å². The van der Waals surface area contributed by atoms with Crippen LogP contribution in [-0.2, 0) is 19.1 Å². The van der Waals surface area contributed by atoms with Crippen molar-refractivity contribution in [2.75, 3.05) is 13.2 Å². The highest BCUT2D eigenvalue weighted by molar-refractivity contribution is 5.70. The topological polar surface area (TPSA) is 72.8 Å². The first-order valence-electron chi connectivity index (χ1n) is 28.3. The summed E-state index contributed by atoms with van der Waals surface area (Å²) < 4.78 is 10.6. The van der Waals surface area contributed by atoms with Crippen molar-refractivity contribution in [1.29, 1.82) is 0 Å². The lowest BCUT2D eigenvalue weighted by Crippen LogP contribution is -2.28. The molecule has 0 heterocycles. The average Bonchev–Trinajstić information content (AvgIpc) is 3.31. The molecule has 0 amide bonds. The Balaban J connectivity index is 3.36. The Kier molecular flexibility index (Phi) is 53.9. The molecule has 378 valence electrons. The number of rotatable bonds is 52. The van der Waals surface area contributed by atoms with E-state index < -0.39 is 6.10 Å². The summed E-state index contributed by atoms with van der Waals surface area (Å²) in [4.78, 5) is 24.3. The highest BCUT2D eigenvalue weighted by Gasteiger charge is 2.16. The van der Waals surface area contributed by atoms with E-state index in [2.05, 4.69) is 74.6 Å². The Bertz CT molecular complexity index is 1120. The monoisotopic (exact) mass is 909 g/mol. The molecule has 0 saturated carbocycles. The van der Waals surface area contributed by atoms with Gasteiger partial charge >= 0.3 is 11.9 Å². The summed E-state index contributed by atoms with van der Waals surface area (Å²) in [6.45, 7) is 4.03. The van der Waals surface area contributed by atoms with Gasteiger partial charge in [0.1, 0.15) is 6.61 Å². The molecular formula is C60H108O5. The van der Waals surface area contributed by atoms with E-state index in [1.54, 1.807) is 0 Å². The smallest absolute Gasteiger partial charge is 0.306 e. The summed E-state index contributed by atoms with van der Waals surface area (Å²) in [5.41, 5.74) is 0. The summed E-state index contributed by atoms with van der Waals surface area (Å²) in [5, 5.41) is 9.59. The fourth-order valence-corrected chi connectivity index (χ4v) is 8.35. The zero-order valence-corrected chi connectivity index (χ0v) is 43.3. The second-order valence-corrected chi connectivity index (χ2v) is 19.0. The second-order valence-electron chi connectivity index (χ2n) is 19.0. The molecule has 0 fully saturated rings. The minimum atomic E-state index is -0.766. The van der Waals surface area contributed by atoms with E-state index in [1.807, 2.05) is 0 Å². The number of hydrogen-bond donors (Lipinski definition) is 1. The van der Waals surface area contributed by atoms with Gasteiger partial charge in [0.05, 0.1) is 6.61 Å². The molecule has 0 spiro atoms. The molecule has 0 aliphatic carbocycles. The first kappa shape index (κ1) is 62.6. The molecule has 1 N–H and O–H groups in total. The van der Waals surface area contributed by atoms with Gasteiger partial charge in [-0.2, -0.15) is 0 Å². The van der Waals surface area contributed by atoms with Crippen molar-refractivity contribution in [3.05, 3.63) is 60.8 Å². The molecular weight excluding hydrogens is 801 g/mol. The molecule has 0 saturated heterocycles. The van der Waals surface area contributed by atoms with Crippen molar-refractivity contribution in [3.8, 4) is 0 Å². The van der Waals surface area contributed by atoms with Crippen LogP contribution < -0.4 is 0 Å². The minimum absolute atomic E-state index is 0.0604. The molecule has 1 atom stereocenters. The average molecular weight is 910 g/mol. The molecule has 0 radical (unpaired) electrons. The fourth-order valence-electron chi connectivity index (χ4n) is 8.35. The zero-order chi connectivity index (χ0) is 47.0. The van der Waals surface area contributed by atoms with Gasteiger partial charge in [0, 0.05) is 12.8 Å². The first-order valence-corrected chi connectivity index (χ1v) is 28.3. The number of hydrogen-bond acceptors (Lipinski definition) is 5. The van der Waals surface area contributed by atoms with Gasteiger partial charge in [-0.25, -0.2) is 0 Å². The van der Waals surface area contributed by atoms with Crippen molar-refractivity contribution in [2.45, 2.75) is 296 Å². The Labute approximate surface area is 404 Å². The molecule has 0 aliphatic heterocycles. The van der Waals surface area contributed by atoms with Crippen LogP contribution in [0.25, 0.3) is 0 Å². The van der Waals surface area contributed by atoms with Crippen LogP contribution in [0, 0.1) is 0 Å². The minimum Gasteiger partial charge on any atom is -0.462 e. The number of aliphatic hydroxyl groups excluding tert-OH is 1. The number of carbonyl (C=O) groups excluding carboxylic acids is 2. The maximum Gasteiger partial charge on any atom is 0.306 e. The Morgan fingerprint density at radius 1 is 0.369 bits per heavy atom. The summed E-state index contributed by atoms with van der Waals surface area (Å²) in [6.07, 6.45) is 75.2. The van der Waals surface area contributed by atoms with Crippen LogP contribution in [0.5, 0.6) is 0 Å². The highest BCUT2D eigenvalue weighted by atomic mass is 16.6. The number of ether oxygens (including phenoxy) is 2. The zero-order valence-electron chi connectivity index (χ0n) is 43.3. The Hall–Kier alpha value is -2.40. The highest BCUT2D eigenvalue weighted by Crippen LogP contribution is 2.17. The van der Waals surface area contributed by atoms with E-state index in [0.29, 0.717) is 12.8 Å². The summed E-state index contributed by atoms with van der Waals surface area (Å²) >= 11 is 0. The number of aliphatic hydroxyl groups is 1. The molecule has 0 bridgehead atoms. The summed E-state index contributed by atoms with van der Waals surface area (Å²) in [5.74, 6) is -0.579. The normalized spacial score (nSPS) is 12.6. The number of esters is 2. The third-order valence-electron chi connectivity index (χ3n) is 12.6. The van der Waals surface area contributed by atoms with Crippen LogP contribution in [0.2, 0.25) is 0 Å². The largest absolute Gasteiger partial charge is 0.462 e. The van der Waals surface area contributed by atoms with Gasteiger partial charge in [-0.15, -0.1) is 0 Å². The van der Waals surface area contributed by atoms with Crippen LogP contribution in [0.15, 0.2) is 60.8 Å². The lowest BCUT2D eigenvalue weighted by atomic mass is 10.0. The maximum absolute atomic E-state index is 12.2. The number of unbranched alkanes of at least 4 members (excludes halogenated alkanes) is 34.